The lowest BCUT2D eigenvalue weighted by Gasteiger charge is -2.24. The zero-order valence-corrected chi connectivity index (χ0v) is 23.7. The summed E-state index contributed by atoms with van der Waals surface area (Å²) in [6.45, 7) is 7.40. The number of alkyl carbamates (subject to hydrolysis) is 1. The van der Waals surface area contributed by atoms with Crippen LogP contribution in [0.2, 0.25) is 0 Å². The van der Waals surface area contributed by atoms with Crippen molar-refractivity contribution in [3.8, 4) is 17.2 Å². The number of rotatable bonds is 9. The standard InChI is InChI=1S/C30H40N2O7/c1-30(2,3)39-29(34)31-22-11-12-32(17-22)24-9-7-20(15-26(24)36-5)14-23-21(18-38-28(23)33)13-19-8-10-25(35-4)27(16-19)37-6/h7-10,15-16,21-23H,11-14,17-18H2,1-6H3,(H,31,34)/t21-,22-,23+/m0/s1. The van der Waals surface area contributed by atoms with Crippen molar-refractivity contribution in [3.05, 3.63) is 47.5 Å². The van der Waals surface area contributed by atoms with E-state index in [1.165, 1.54) is 0 Å². The number of ether oxygens (including phenoxy) is 5. The minimum absolute atomic E-state index is 0.00479. The number of benzene rings is 2. The van der Waals surface area contributed by atoms with E-state index in [0.29, 0.717) is 37.5 Å². The molecular formula is C30H40N2O7. The molecule has 2 saturated heterocycles. The van der Waals surface area contributed by atoms with Crippen LogP contribution in [-0.4, -0.2) is 64.7 Å². The highest BCUT2D eigenvalue weighted by molar-refractivity contribution is 5.75. The summed E-state index contributed by atoms with van der Waals surface area (Å²) in [5, 5.41) is 2.97. The SMILES string of the molecule is COc1ccc(C[C@H]2COC(=O)[C@@H]2Cc2ccc(N3CC[C@H](NC(=O)OC(C)(C)C)C3)c(OC)c2)cc1OC. The maximum Gasteiger partial charge on any atom is 0.407 e. The average Bonchev–Trinajstić information content (AvgIpc) is 3.49. The van der Waals surface area contributed by atoms with E-state index in [0.717, 1.165) is 35.5 Å². The lowest BCUT2D eigenvalue weighted by Crippen LogP contribution is -2.40. The van der Waals surface area contributed by atoms with Crippen LogP contribution in [0, 0.1) is 11.8 Å². The molecule has 0 saturated carbocycles. The van der Waals surface area contributed by atoms with Crippen molar-refractivity contribution in [1.29, 1.82) is 0 Å². The molecule has 0 bridgehead atoms. The van der Waals surface area contributed by atoms with Gasteiger partial charge in [0, 0.05) is 19.0 Å². The second kappa shape index (κ2) is 12.1. The number of amides is 1. The molecule has 0 radical (unpaired) electrons. The molecule has 0 unspecified atom stereocenters. The Labute approximate surface area is 230 Å². The molecule has 0 aliphatic carbocycles. The molecule has 2 fully saturated rings. The van der Waals surface area contributed by atoms with Crippen molar-refractivity contribution in [2.24, 2.45) is 11.8 Å². The Morgan fingerprint density at radius 2 is 1.64 bits per heavy atom. The van der Waals surface area contributed by atoms with Gasteiger partial charge in [0.25, 0.3) is 0 Å². The maximum atomic E-state index is 12.7. The summed E-state index contributed by atoms with van der Waals surface area (Å²) >= 11 is 0. The van der Waals surface area contributed by atoms with Crippen LogP contribution in [0.3, 0.4) is 0 Å². The quantitative estimate of drug-likeness (QED) is 0.468. The summed E-state index contributed by atoms with van der Waals surface area (Å²) in [6, 6.07) is 11.9. The van der Waals surface area contributed by atoms with Crippen LogP contribution < -0.4 is 24.4 Å². The van der Waals surface area contributed by atoms with Crippen LogP contribution in [0.4, 0.5) is 10.5 Å². The first-order valence-electron chi connectivity index (χ1n) is 13.4. The fourth-order valence-corrected chi connectivity index (χ4v) is 5.30. The topological polar surface area (TPSA) is 95.6 Å². The number of carbonyl (C=O) groups excluding carboxylic acids is 2. The third-order valence-corrected chi connectivity index (χ3v) is 7.21. The Morgan fingerprint density at radius 1 is 0.974 bits per heavy atom. The third kappa shape index (κ3) is 7.07. The first kappa shape index (κ1) is 28.4. The molecule has 39 heavy (non-hydrogen) atoms. The molecule has 9 nitrogen and oxygen atoms in total. The summed E-state index contributed by atoms with van der Waals surface area (Å²) in [5.41, 5.74) is 2.51. The third-order valence-electron chi connectivity index (χ3n) is 7.21. The number of methoxy groups -OCH3 is 3. The van der Waals surface area contributed by atoms with Gasteiger partial charge in [-0.1, -0.05) is 12.1 Å². The van der Waals surface area contributed by atoms with Gasteiger partial charge in [-0.15, -0.1) is 0 Å². The van der Waals surface area contributed by atoms with E-state index in [4.69, 9.17) is 23.7 Å². The Hall–Kier alpha value is -3.62. The minimum Gasteiger partial charge on any atom is -0.495 e. The number of esters is 1. The van der Waals surface area contributed by atoms with Gasteiger partial charge in [-0.3, -0.25) is 4.79 Å². The van der Waals surface area contributed by atoms with Crippen LogP contribution in [0.25, 0.3) is 0 Å². The van der Waals surface area contributed by atoms with E-state index >= 15 is 0 Å². The number of cyclic esters (lactones) is 1. The number of hydrogen-bond donors (Lipinski definition) is 1. The van der Waals surface area contributed by atoms with E-state index in [1.54, 1.807) is 21.3 Å². The van der Waals surface area contributed by atoms with Gasteiger partial charge >= 0.3 is 12.1 Å². The molecule has 1 amide bonds. The normalized spacial score (nSPS) is 20.9. The molecule has 3 atom stereocenters. The lowest BCUT2D eigenvalue weighted by molar-refractivity contribution is -0.141. The Balaban J connectivity index is 1.41. The highest BCUT2D eigenvalue weighted by Crippen LogP contribution is 2.36. The second-order valence-corrected chi connectivity index (χ2v) is 11.2. The summed E-state index contributed by atoms with van der Waals surface area (Å²) in [4.78, 5) is 27.1. The zero-order chi connectivity index (χ0) is 28.2. The molecule has 2 aliphatic heterocycles. The monoisotopic (exact) mass is 540 g/mol. The van der Waals surface area contributed by atoms with Gasteiger partial charge in [0.15, 0.2) is 11.5 Å². The second-order valence-electron chi connectivity index (χ2n) is 11.2. The largest absolute Gasteiger partial charge is 0.495 e. The molecule has 4 rings (SSSR count). The predicted octanol–water partition coefficient (Wildman–Crippen LogP) is 4.39. The fraction of sp³-hybridized carbons (Fsp3) is 0.533. The van der Waals surface area contributed by atoms with Gasteiger partial charge in [-0.05, 0) is 75.4 Å². The van der Waals surface area contributed by atoms with Crippen LogP contribution in [-0.2, 0) is 27.1 Å². The summed E-state index contributed by atoms with van der Waals surface area (Å²) in [6.07, 6.45) is 1.68. The summed E-state index contributed by atoms with van der Waals surface area (Å²) in [5.74, 6) is 1.73. The fourth-order valence-electron chi connectivity index (χ4n) is 5.30. The van der Waals surface area contributed by atoms with E-state index < -0.39 is 11.7 Å². The van der Waals surface area contributed by atoms with Crippen LogP contribution >= 0.6 is 0 Å². The van der Waals surface area contributed by atoms with Gasteiger partial charge in [0.05, 0.1) is 45.6 Å². The highest BCUT2D eigenvalue weighted by atomic mass is 16.6. The summed E-state index contributed by atoms with van der Waals surface area (Å²) < 4.78 is 27.4. The van der Waals surface area contributed by atoms with E-state index in [-0.39, 0.29) is 23.8 Å². The first-order chi connectivity index (χ1) is 18.6. The molecule has 212 valence electrons. The van der Waals surface area contributed by atoms with E-state index in [1.807, 2.05) is 57.2 Å². The molecule has 2 aromatic rings. The minimum atomic E-state index is -0.534. The van der Waals surface area contributed by atoms with Crippen molar-refractivity contribution in [2.45, 2.75) is 51.7 Å². The van der Waals surface area contributed by atoms with E-state index in [9.17, 15) is 9.59 Å². The lowest BCUT2D eigenvalue weighted by atomic mass is 9.85. The van der Waals surface area contributed by atoms with Crippen molar-refractivity contribution in [2.75, 3.05) is 45.9 Å². The Kier molecular flexibility index (Phi) is 8.77. The zero-order valence-electron chi connectivity index (χ0n) is 23.7. The highest BCUT2D eigenvalue weighted by Gasteiger charge is 2.37. The maximum absolute atomic E-state index is 12.7. The summed E-state index contributed by atoms with van der Waals surface area (Å²) in [7, 11) is 4.88. The number of anilines is 1. The van der Waals surface area contributed by atoms with Gasteiger partial charge in [-0.2, -0.15) is 0 Å². The molecule has 9 heteroatoms. The number of hydrogen-bond acceptors (Lipinski definition) is 8. The number of nitrogens with zero attached hydrogens (tertiary/aromatic N) is 1. The van der Waals surface area contributed by atoms with Crippen LogP contribution in [0.15, 0.2) is 36.4 Å². The van der Waals surface area contributed by atoms with Crippen molar-refractivity contribution in [3.63, 3.8) is 0 Å². The number of nitrogens with one attached hydrogen (secondary N) is 1. The van der Waals surface area contributed by atoms with Crippen molar-refractivity contribution in [1.82, 2.24) is 5.32 Å². The molecule has 2 heterocycles. The molecular weight excluding hydrogens is 500 g/mol. The molecule has 1 N–H and O–H groups in total. The predicted molar refractivity (Wildman–Crippen MR) is 148 cm³/mol. The average molecular weight is 541 g/mol. The van der Waals surface area contributed by atoms with Gasteiger partial charge in [-0.25, -0.2) is 4.79 Å². The van der Waals surface area contributed by atoms with Crippen LogP contribution in [0.5, 0.6) is 17.2 Å². The Morgan fingerprint density at radius 3 is 2.33 bits per heavy atom. The smallest absolute Gasteiger partial charge is 0.407 e. The van der Waals surface area contributed by atoms with Gasteiger partial charge < -0.3 is 33.9 Å². The van der Waals surface area contributed by atoms with Gasteiger partial charge in [0.1, 0.15) is 11.4 Å². The molecule has 2 aliphatic rings. The van der Waals surface area contributed by atoms with Crippen molar-refractivity contribution >= 4 is 17.7 Å². The number of carbonyl (C=O) groups is 2. The molecule has 0 aromatic heterocycles. The molecule has 0 spiro atoms. The first-order valence-corrected chi connectivity index (χ1v) is 13.4. The van der Waals surface area contributed by atoms with E-state index in [2.05, 4.69) is 10.2 Å². The van der Waals surface area contributed by atoms with Crippen LogP contribution in [0.1, 0.15) is 38.3 Å². The van der Waals surface area contributed by atoms with Gasteiger partial charge in [0.2, 0.25) is 0 Å². The van der Waals surface area contributed by atoms with Crippen molar-refractivity contribution < 1.29 is 33.3 Å². The molecule has 2 aromatic carbocycles. The Bertz CT molecular complexity index is 1180.